The molecular weight excluding hydrogens is 162 g/mol. The highest BCUT2D eigenvalue weighted by Gasteiger charge is 1.96. The van der Waals surface area contributed by atoms with Crippen LogP contribution in [0.3, 0.4) is 0 Å². The molecule has 0 spiro atoms. The lowest BCUT2D eigenvalue weighted by Crippen LogP contribution is -2.24. The van der Waals surface area contributed by atoms with E-state index in [0.29, 0.717) is 6.61 Å². The number of hydrogen-bond acceptors (Lipinski definition) is 4. The first-order valence-electron chi connectivity index (χ1n) is 3.52. The normalized spacial score (nSPS) is 10.1. The van der Waals surface area contributed by atoms with E-state index in [1.165, 1.54) is 16.8 Å². The second kappa shape index (κ2) is 3.87. The molecule has 1 aromatic rings. The minimum absolute atomic E-state index is 0.110. The molecule has 1 heterocycles. The van der Waals surface area contributed by atoms with Crippen LogP contribution in [0.15, 0.2) is 26.3 Å². The minimum atomic E-state index is -0.698. The van der Waals surface area contributed by atoms with Crippen LogP contribution in [0.25, 0.3) is 0 Å². The van der Waals surface area contributed by atoms with E-state index in [1.54, 1.807) is 0 Å². The maximum absolute atomic E-state index is 10.9. The second-order valence-electron chi connectivity index (χ2n) is 2.09. The summed E-state index contributed by atoms with van der Waals surface area (Å²) in [5.74, 6) is -0.698. The van der Waals surface area contributed by atoms with E-state index < -0.39 is 11.4 Å². The van der Waals surface area contributed by atoms with Crippen LogP contribution in [-0.4, -0.2) is 11.2 Å². The van der Waals surface area contributed by atoms with Crippen LogP contribution < -0.4 is 11.4 Å². The molecule has 0 saturated carbocycles. The summed E-state index contributed by atoms with van der Waals surface area (Å²) in [7, 11) is 0. The van der Waals surface area contributed by atoms with E-state index in [2.05, 4.69) is 4.42 Å². The molecule has 0 amide bonds. The quantitative estimate of drug-likeness (QED) is 0.631. The molecule has 0 radical (unpaired) electrons. The molecule has 5 nitrogen and oxygen atoms in total. The molecule has 0 fully saturated rings. The zero-order valence-electron chi connectivity index (χ0n) is 6.65. The van der Waals surface area contributed by atoms with Crippen LogP contribution in [0.5, 0.6) is 0 Å². The van der Waals surface area contributed by atoms with Crippen LogP contribution >= 0.6 is 0 Å². The zero-order valence-corrected chi connectivity index (χ0v) is 6.65. The van der Waals surface area contributed by atoms with Gasteiger partial charge >= 0.3 is 11.4 Å². The third-order valence-electron chi connectivity index (χ3n) is 1.25. The van der Waals surface area contributed by atoms with Gasteiger partial charge in [-0.25, -0.2) is 9.59 Å². The predicted octanol–water partition coefficient (Wildman–Crippen LogP) is -0.204. The summed E-state index contributed by atoms with van der Waals surface area (Å²) in [6.45, 7) is 2.43. The maximum Gasteiger partial charge on any atom is 0.423 e. The fourth-order valence-corrected chi connectivity index (χ4v) is 0.676. The summed E-state index contributed by atoms with van der Waals surface area (Å²) in [5, 5.41) is 0. The van der Waals surface area contributed by atoms with E-state index >= 15 is 0 Å². The average molecular weight is 171 g/mol. The molecule has 0 saturated heterocycles. The number of rotatable bonds is 3. The number of hydrogen-bond donors (Lipinski definition) is 0. The van der Waals surface area contributed by atoms with Crippen LogP contribution in [0.4, 0.5) is 0 Å². The third-order valence-corrected chi connectivity index (χ3v) is 1.25. The summed E-state index contributed by atoms with van der Waals surface area (Å²) in [6.07, 6.45) is 1.34. The Morgan fingerprint density at radius 3 is 2.92 bits per heavy atom. The van der Waals surface area contributed by atoms with Gasteiger partial charge in [-0.3, -0.25) is 4.57 Å². The highest BCUT2D eigenvalue weighted by Crippen LogP contribution is 1.79. The molecule has 1 rings (SSSR count). The summed E-state index contributed by atoms with van der Waals surface area (Å²) >= 11 is 0. The molecule has 5 heteroatoms. The number of aromatic nitrogens is 1. The van der Waals surface area contributed by atoms with Crippen molar-refractivity contribution in [3.05, 3.63) is 33.2 Å². The number of ether oxygens (including phenoxy) is 1. The number of nitrogens with zero attached hydrogens (tertiary/aromatic N) is 1. The zero-order chi connectivity index (χ0) is 8.97. The molecule has 0 aliphatic heterocycles. The van der Waals surface area contributed by atoms with E-state index in [4.69, 9.17) is 4.74 Å². The molecule has 0 aliphatic rings. The van der Waals surface area contributed by atoms with E-state index in [0.717, 1.165) is 0 Å². The highest BCUT2D eigenvalue weighted by molar-refractivity contribution is 4.76. The first-order chi connectivity index (χ1) is 5.74. The molecule has 1 aromatic heterocycles. The van der Waals surface area contributed by atoms with Gasteiger partial charge < -0.3 is 9.15 Å². The van der Waals surface area contributed by atoms with Gasteiger partial charge in [-0.15, -0.1) is 0 Å². The molecule has 0 aliphatic carbocycles. The standard InChI is InChI=1S/C7H9NO4/c1-2-11-5-8-4-3-6(9)12-7(8)10/h3-4H,2,5H2,1H3. The summed E-state index contributed by atoms with van der Waals surface area (Å²) in [6, 6.07) is 1.17. The van der Waals surface area contributed by atoms with Gasteiger partial charge in [0.1, 0.15) is 6.73 Å². The van der Waals surface area contributed by atoms with Gasteiger partial charge in [0, 0.05) is 18.9 Å². The van der Waals surface area contributed by atoms with Gasteiger partial charge in [-0.1, -0.05) is 0 Å². The van der Waals surface area contributed by atoms with Gasteiger partial charge in [0.15, 0.2) is 0 Å². The van der Waals surface area contributed by atoms with Crippen LogP contribution in [-0.2, 0) is 11.5 Å². The van der Waals surface area contributed by atoms with Crippen molar-refractivity contribution < 1.29 is 9.15 Å². The summed E-state index contributed by atoms with van der Waals surface area (Å²) in [5.41, 5.74) is -0.646. The van der Waals surface area contributed by atoms with E-state index in [9.17, 15) is 9.59 Å². The van der Waals surface area contributed by atoms with Crippen molar-refractivity contribution in [1.82, 2.24) is 4.57 Å². The van der Waals surface area contributed by atoms with Crippen molar-refractivity contribution in [2.24, 2.45) is 0 Å². The first-order valence-corrected chi connectivity index (χ1v) is 3.52. The smallest absolute Gasteiger partial charge is 0.372 e. The van der Waals surface area contributed by atoms with Crippen molar-refractivity contribution in [1.29, 1.82) is 0 Å². The fraction of sp³-hybridized carbons (Fsp3) is 0.429. The Balaban J connectivity index is 2.87. The van der Waals surface area contributed by atoms with Crippen LogP contribution in [0.1, 0.15) is 6.92 Å². The van der Waals surface area contributed by atoms with Crippen molar-refractivity contribution in [3.63, 3.8) is 0 Å². The van der Waals surface area contributed by atoms with Gasteiger partial charge in [-0.05, 0) is 6.92 Å². The van der Waals surface area contributed by atoms with Gasteiger partial charge in [-0.2, -0.15) is 0 Å². The lowest BCUT2D eigenvalue weighted by Gasteiger charge is -2.01. The lowest BCUT2D eigenvalue weighted by atomic mass is 10.7. The van der Waals surface area contributed by atoms with Gasteiger partial charge in [0.25, 0.3) is 0 Å². The van der Waals surface area contributed by atoms with Gasteiger partial charge in [0.2, 0.25) is 0 Å². The summed E-state index contributed by atoms with van der Waals surface area (Å²) < 4.78 is 10.4. The fourth-order valence-electron chi connectivity index (χ4n) is 0.676. The maximum atomic E-state index is 10.9. The largest absolute Gasteiger partial charge is 0.423 e. The molecule has 66 valence electrons. The molecular formula is C7H9NO4. The molecule has 0 bridgehead atoms. The Hall–Kier alpha value is -1.36. The molecule has 12 heavy (non-hydrogen) atoms. The Bertz CT molecular complexity index is 351. The Kier molecular flexibility index (Phi) is 2.82. The monoisotopic (exact) mass is 171 g/mol. The second-order valence-corrected chi connectivity index (χ2v) is 2.09. The van der Waals surface area contributed by atoms with E-state index in [-0.39, 0.29) is 6.73 Å². The molecule has 0 atom stereocenters. The van der Waals surface area contributed by atoms with E-state index in [1.807, 2.05) is 6.92 Å². The van der Waals surface area contributed by atoms with Crippen molar-refractivity contribution >= 4 is 0 Å². The first kappa shape index (κ1) is 8.73. The predicted molar refractivity (Wildman–Crippen MR) is 40.9 cm³/mol. The SMILES string of the molecule is CCOCn1ccc(=O)oc1=O. The molecule has 0 N–H and O–H groups in total. The Morgan fingerprint density at radius 2 is 2.33 bits per heavy atom. The third kappa shape index (κ3) is 2.06. The van der Waals surface area contributed by atoms with Gasteiger partial charge in [0.05, 0.1) is 0 Å². The Morgan fingerprint density at radius 1 is 1.58 bits per heavy atom. The summed E-state index contributed by atoms with van der Waals surface area (Å²) in [4.78, 5) is 21.4. The topological polar surface area (TPSA) is 61.4 Å². The van der Waals surface area contributed by atoms with Crippen molar-refractivity contribution in [2.75, 3.05) is 6.61 Å². The molecule has 0 unspecified atom stereocenters. The lowest BCUT2D eigenvalue weighted by molar-refractivity contribution is 0.0785. The van der Waals surface area contributed by atoms with Crippen LogP contribution in [0, 0.1) is 0 Å². The molecule has 0 aromatic carbocycles. The van der Waals surface area contributed by atoms with Crippen LogP contribution in [0.2, 0.25) is 0 Å². The van der Waals surface area contributed by atoms with Crippen molar-refractivity contribution in [3.8, 4) is 0 Å². The van der Waals surface area contributed by atoms with Crippen molar-refractivity contribution in [2.45, 2.75) is 13.7 Å². The Labute approximate surface area is 68.2 Å². The minimum Gasteiger partial charge on any atom is -0.372 e. The highest BCUT2D eigenvalue weighted by atomic mass is 16.5. The average Bonchev–Trinajstić information content (AvgIpc) is 2.03.